The summed E-state index contributed by atoms with van der Waals surface area (Å²) in [5.74, 6) is 1.79. The Morgan fingerprint density at radius 3 is 2.00 bits per heavy atom. The van der Waals surface area contributed by atoms with Gasteiger partial charge < -0.3 is 14.2 Å². The van der Waals surface area contributed by atoms with E-state index in [0.717, 1.165) is 22.5 Å². The fraction of sp³-hybridized carbons (Fsp3) is 0.250. The second kappa shape index (κ2) is 6.89. The van der Waals surface area contributed by atoms with E-state index in [0.29, 0.717) is 17.2 Å². The molecular formula is C20H22N2O3. The zero-order valence-electron chi connectivity index (χ0n) is 15.1. The molecule has 3 rings (SSSR count). The van der Waals surface area contributed by atoms with Crippen molar-refractivity contribution in [3.63, 3.8) is 0 Å². The average molecular weight is 338 g/mol. The van der Waals surface area contributed by atoms with Gasteiger partial charge in [-0.3, -0.25) is 5.10 Å². The minimum atomic E-state index is 0.572. The fourth-order valence-electron chi connectivity index (χ4n) is 2.75. The van der Waals surface area contributed by atoms with Crippen LogP contribution in [0.2, 0.25) is 0 Å². The highest BCUT2D eigenvalue weighted by atomic mass is 16.5. The van der Waals surface area contributed by atoms with E-state index in [9.17, 15) is 0 Å². The van der Waals surface area contributed by atoms with E-state index in [2.05, 4.69) is 42.2 Å². The van der Waals surface area contributed by atoms with Crippen LogP contribution < -0.4 is 14.2 Å². The van der Waals surface area contributed by atoms with Crippen LogP contribution >= 0.6 is 0 Å². The predicted molar refractivity (Wildman–Crippen MR) is 98.6 cm³/mol. The Balaban J connectivity index is 2.03. The van der Waals surface area contributed by atoms with Crippen LogP contribution in [0.25, 0.3) is 22.5 Å². The topological polar surface area (TPSA) is 56.4 Å². The fourth-order valence-corrected chi connectivity index (χ4v) is 2.75. The Morgan fingerprint density at radius 2 is 1.44 bits per heavy atom. The lowest BCUT2D eigenvalue weighted by atomic mass is 10.0. The number of methoxy groups -OCH3 is 3. The van der Waals surface area contributed by atoms with Gasteiger partial charge in [-0.1, -0.05) is 12.1 Å². The van der Waals surface area contributed by atoms with Gasteiger partial charge in [0.2, 0.25) is 5.75 Å². The molecule has 0 spiro atoms. The highest BCUT2D eigenvalue weighted by Crippen LogP contribution is 2.41. The molecule has 0 fully saturated rings. The average Bonchev–Trinajstić information content (AvgIpc) is 3.12. The molecule has 0 radical (unpaired) electrons. The molecule has 0 amide bonds. The molecule has 0 bridgehead atoms. The third kappa shape index (κ3) is 3.18. The first kappa shape index (κ1) is 16.9. The molecule has 130 valence electrons. The monoisotopic (exact) mass is 338 g/mol. The molecule has 1 N–H and O–H groups in total. The summed E-state index contributed by atoms with van der Waals surface area (Å²) < 4.78 is 16.2. The molecule has 25 heavy (non-hydrogen) atoms. The van der Waals surface area contributed by atoms with Gasteiger partial charge in [0, 0.05) is 11.1 Å². The Hall–Kier alpha value is -2.95. The zero-order valence-corrected chi connectivity index (χ0v) is 15.1. The molecule has 0 atom stereocenters. The van der Waals surface area contributed by atoms with Crippen LogP contribution in [0.3, 0.4) is 0 Å². The normalized spacial score (nSPS) is 10.6. The largest absolute Gasteiger partial charge is 0.493 e. The first-order valence-electron chi connectivity index (χ1n) is 8.00. The molecule has 0 saturated heterocycles. The van der Waals surface area contributed by atoms with Crippen molar-refractivity contribution in [2.75, 3.05) is 21.3 Å². The van der Waals surface area contributed by atoms with Crippen molar-refractivity contribution in [1.29, 1.82) is 0 Å². The van der Waals surface area contributed by atoms with Gasteiger partial charge in [-0.2, -0.15) is 5.10 Å². The van der Waals surface area contributed by atoms with Gasteiger partial charge in [-0.15, -0.1) is 0 Å². The Labute approximate surface area is 147 Å². The number of aromatic nitrogens is 2. The van der Waals surface area contributed by atoms with Crippen molar-refractivity contribution in [3.05, 3.63) is 47.5 Å². The SMILES string of the molecule is COc1cc(-c2cc(-c3ccc(C)c(C)c3)n[nH]2)cc(OC)c1OC. The lowest BCUT2D eigenvalue weighted by Crippen LogP contribution is -1.95. The standard InChI is InChI=1S/C20H22N2O3/c1-12-6-7-14(8-13(12)2)16-11-17(22-21-16)15-9-18(23-3)20(25-5)19(10-15)24-4/h6-11H,1-5H3,(H,21,22). The summed E-state index contributed by atoms with van der Waals surface area (Å²) >= 11 is 0. The van der Waals surface area contributed by atoms with Gasteiger partial charge in [0.1, 0.15) is 0 Å². The van der Waals surface area contributed by atoms with Gasteiger partial charge in [0.15, 0.2) is 11.5 Å². The van der Waals surface area contributed by atoms with Crippen LogP contribution in [0.5, 0.6) is 17.2 Å². The number of benzene rings is 2. The number of aryl methyl sites for hydroxylation is 2. The van der Waals surface area contributed by atoms with Crippen molar-refractivity contribution in [2.45, 2.75) is 13.8 Å². The van der Waals surface area contributed by atoms with E-state index >= 15 is 0 Å². The lowest BCUT2D eigenvalue weighted by Gasteiger charge is -2.13. The first-order chi connectivity index (χ1) is 12.1. The van der Waals surface area contributed by atoms with Crippen LogP contribution in [0, 0.1) is 13.8 Å². The number of nitrogens with zero attached hydrogens (tertiary/aromatic N) is 1. The molecule has 1 aromatic heterocycles. The summed E-state index contributed by atoms with van der Waals surface area (Å²) in [6.45, 7) is 4.20. The van der Waals surface area contributed by atoms with Crippen molar-refractivity contribution in [1.82, 2.24) is 10.2 Å². The van der Waals surface area contributed by atoms with Gasteiger partial charge in [-0.05, 0) is 49.2 Å². The highest BCUT2D eigenvalue weighted by Gasteiger charge is 2.15. The van der Waals surface area contributed by atoms with Gasteiger partial charge in [-0.25, -0.2) is 0 Å². The van der Waals surface area contributed by atoms with E-state index in [4.69, 9.17) is 14.2 Å². The summed E-state index contributed by atoms with van der Waals surface area (Å²) in [6, 6.07) is 12.2. The smallest absolute Gasteiger partial charge is 0.203 e. The molecule has 5 heteroatoms. The van der Waals surface area contributed by atoms with Crippen molar-refractivity contribution in [3.8, 4) is 39.8 Å². The van der Waals surface area contributed by atoms with Crippen LogP contribution in [0.1, 0.15) is 11.1 Å². The van der Waals surface area contributed by atoms with Gasteiger partial charge >= 0.3 is 0 Å². The molecule has 0 aliphatic rings. The maximum Gasteiger partial charge on any atom is 0.203 e. The van der Waals surface area contributed by atoms with Crippen molar-refractivity contribution >= 4 is 0 Å². The number of aromatic amines is 1. The number of hydrogen-bond donors (Lipinski definition) is 1. The summed E-state index contributed by atoms with van der Waals surface area (Å²) in [5, 5.41) is 7.54. The zero-order chi connectivity index (χ0) is 18.0. The van der Waals surface area contributed by atoms with E-state index in [1.807, 2.05) is 18.2 Å². The molecule has 5 nitrogen and oxygen atoms in total. The van der Waals surface area contributed by atoms with E-state index in [1.54, 1.807) is 21.3 Å². The van der Waals surface area contributed by atoms with Gasteiger partial charge in [0.25, 0.3) is 0 Å². The molecule has 0 aliphatic carbocycles. The molecule has 0 unspecified atom stereocenters. The van der Waals surface area contributed by atoms with Gasteiger partial charge in [0.05, 0.1) is 32.7 Å². The summed E-state index contributed by atoms with van der Waals surface area (Å²) in [4.78, 5) is 0. The van der Waals surface area contributed by atoms with Crippen molar-refractivity contribution in [2.24, 2.45) is 0 Å². The van der Waals surface area contributed by atoms with Crippen LogP contribution in [-0.4, -0.2) is 31.5 Å². The molecule has 2 aromatic carbocycles. The predicted octanol–water partition coefficient (Wildman–Crippen LogP) is 4.39. The Bertz CT molecular complexity index is 875. The quantitative estimate of drug-likeness (QED) is 0.750. The number of rotatable bonds is 5. The van der Waals surface area contributed by atoms with Crippen LogP contribution in [-0.2, 0) is 0 Å². The molecule has 3 aromatic rings. The second-order valence-corrected chi connectivity index (χ2v) is 5.88. The minimum absolute atomic E-state index is 0.572. The third-order valence-corrected chi connectivity index (χ3v) is 4.36. The maximum atomic E-state index is 5.42. The van der Waals surface area contributed by atoms with Crippen LogP contribution in [0.15, 0.2) is 36.4 Å². The summed E-state index contributed by atoms with van der Waals surface area (Å²) in [7, 11) is 4.80. The number of hydrogen-bond acceptors (Lipinski definition) is 4. The highest BCUT2D eigenvalue weighted by molar-refractivity contribution is 5.72. The molecule has 0 aliphatic heterocycles. The Morgan fingerprint density at radius 1 is 0.760 bits per heavy atom. The molecule has 1 heterocycles. The van der Waals surface area contributed by atoms with Crippen molar-refractivity contribution < 1.29 is 14.2 Å². The molecular weight excluding hydrogens is 316 g/mol. The maximum absolute atomic E-state index is 5.42. The summed E-state index contributed by atoms with van der Waals surface area (Å²) in [5.41, 5.74) is 6.29. The lowest BCUT2D eigenvalue weighted by molar-refractivity contribution is 0.324. The number of nitrogens with one attached hydrogen (secondary N) is 1. The summed E-state index contributed by atoms with van der Waals surface area (Å²) in [6.07, 6.45) is 0. The number of ether oxygens (including phenoxy) is 3. The van der Waals surface area contributed by atoms with Crippen LogP contribution in [0.4, 0.5) is 0 Å². The Kier molecular flexibility index (Phi) is 4.65. The number of H-pyrrole nitrogens is 1. The first-order valence-corrected chi connectivity index (χ1v) is 8.00. The van der Waals surface area contributed by atoms with E-state index < -0.39 is 0 Å². The van der Waals surface area contributed by atoms with E-state index in [-0.39, 0.29) is 0 Å². The van der Waals surface area contributed by atoms with E-state index in [1.165, 1.54) is 11.1 Å². The minimum Gasteiger partial charge on any atom is -0.493 e. The molecule has 0 saturated carbocycles. The third-order valence-electron chi connectivity index (χ3n) is 4.36. The second-order valence-electron chi connectivity index (χ2n) is 5.88.